The van der Waals surface area contributed by atoms with E-state index >= 15 is 0 Å². The largest absolute Gasteiger partial charge is 0.494 e. The highest BCUT2D eigenvalue weighted by atomic mass is 35.5. The van der Waals surface area contributed by atoms with E-state index in [2.05, 4.69) is 34.5 Å². The van der Waals surface area contributed by atoms with Gasteiger partial charge in [-0.1, -0.05) is 12.1 Å². The lowest BCUT2D eigenvalue weighted by molar-refractivity contribution is 0.156. The van der Waals surface area contributed by atoms with Crippen LogP contribution in [0.15, 0.2) is 24.3 Å². The van der Waals surface area contributed by atoms with Gasteiger partial charge in [-0.25, -0.2) is 0 Å². The first kappa shape index (κ1) is 15.6. The highest BCUT2D eigenvalue weighted by Gasteiger charge is 2.32. The summed E-state index contributed by atoms with van der Waals surface area (Å²) in [6, 6.07) is 9.36. The number of nitrogens with one attached hydrogen (secondary N) is 1. The molecule has 3 nitrogen and oxygen atoms in total. The van der Waals surface area contributed by atoms with Crippen LogP contribution in [0.5, 0.6) is 5.75 Å². The van der Waals surface area contributed by atoms with Crippen molar-refractivity contribution >= 4 is 12.4 Å². The molecule has 4 heteroatoms. The van der Waals surface area contributed by atoms with Crippen LogP contribution >= 0.6 is 12.4 Å². The van der Waals surface area contributed by atoms with Gasteiger partial charge in [0.05, 0.1) is 6.61 Å². The molecule has 3 rings (SSSR count). The summed E-state index contributed by atoms with van der Waals surface area (Å²) < 4.78 is 5.49. The summed E-state index contributed by atoms with van der Waals surface area (Å²) in [5.74, 6) is 1.85. The standard InChI is InChI=1S/C16H24N2O.ClH/c1-2-19-15-5-3-13(4-6-15)11-18-10-8-16-14(12-18)7-9-17-16;/h3-6,14,16-17H,2,7-12H2,1H3;1H. The topological polar surface area (TPSA) is 24.5 Å². The van der Waals surface area contributed by atoms with Crippen LogP contribution < -0.4 is 10.1 Å². The van der Waals surface area contributed by atoms with Crippen LogP contribution in [-0.4, -0.2) is 37.2 Å². The SMILES string of the molecule is CCOc1ccc(CN2CCC3NCCC3C2)cc1.Cl. The molecule has 0 saturated carbocycles. The molecule has 0 radical (unpaired) electrons. The number of hydrogen-bond donors (Lipinski definition) is 1. The van der Waals surface area contributed by atoms with Crippen molar-refractivity contribution < 1.29 is 4.74 Å². The molecule has 1 N–H and O–H groups in total. The zero-order valence-electron chi connectivity index (χ0n) is 12.2. The Morgan fingerprint density at radius 2 is 2.05 bits per heavy atom. The van der Waals surface area contributed by atoms with Gasteiger partial charge in [-0.05, 0) is 56.5 Å². The molecule has 0 aliphatic carbocycles. The van der Waals surface area contributed by atoms with Crippen LogP contribution in [0, 0.1) is 5.92 Å². The number of ether oxygens (including phenoxy) is 1. The molecule has 20 heavy (non-hydrogen) atoms. The number of halogens is 1. The Balaban J connectivity index is 0.00000147. The fourth-order valence-electron chi connectivity index (χ4n) is 3.38. The second-order valence-electron chi connectivity index (χ2n) is 5.71. The van der Waals surface area contributed by atoms with Gasteiger partial charge in [-0.15, -0.1) is 12.4 Å². The van der Waals surface area contributed by atoms with Crippen molar-refractivity contribution in [3.8, 4) is 5.75 Å². The number of nitrogens with zero attached hydrogens (tertiary/aromatic N) is 1. The van der Waals surface area contributed by atoms with Crippen molar-refractivity contribution in [2.24, 2.45) is 5.92 Å². The minimum Gasteiger partial charge on any atom is -0.494 e. The maximum Gasteiger partial charge on any atom is 0.119 e. The molecule has 2 heterocycles. The third-order valence-electron chi connectivity index (χ3n) is 4.38. The Morgan fingerprint density at radius 1 is 1.25 bits per heavy atom. The van der Waals surface area contributed by atoms with Crippen LogP contribution in [-0.2, 0) is 6.54 Å². The van der Waals surface area contributed by atoms with Crippen molar-refractivity contribution in [1.82, 2.24) is 10.2 Å². The zero-order valence-corrected chi connectivity index (χ0v) is 13.0. The summed E-state index contributed by atoms with van der Waals surface area (Å²) in [6.07, 6.45) is 2.66. The molecule has 0 amide bonds. The van der Waals surface area contributed by atoms with E-state index in [1.165, 1.54) is 38.0 Å². The molecule has 0 aromatic heterocycles. The van der Waals surface area contributed by atoms with Gasteiger partial charge in [-0.2, -0.15) is 0 Å². The Labute approximate surface area is 128 Å². The predicted molar refractivity (Wildman–Crippen MR) is 84.7 cm³/mol. The fraction of sp³-hybridized carbons (Fsp3) is 0.625. The summed E-state index contributed by atoms with van der Waals surface area (Å²) in [4.78, 5) is 2.60. The molecular formula is C16H25ClN2O. The van der Waals surface area contributed by atoms with Crippen LogP contribution in [0.4, 0.5) is 0 Å². The lowest BCUT2D eigenvalue weighted by atomic mass is 9.93. The number of benzene rings is 1. The first-order valence-corrected chi connectivity index (χ1v) is 7.52. The second kappa shape index (κ2) is 7.30. The van der Waals surface area contributed by atoms with Crippen LogP contribution in [0.25, 0.3) is 0 Å². The fourth-order valence-corrected chi connectivity index (χ4v) is 3.38. The van der Waals surface area contributed by atoms with E-state index in [0.29, 0.717) is 0 Å². The molecule has 2 atom stereocenters. The molecule has 2 aliphatic heterocycles. The van der Waals surface area contributed by atoms with E-state index in [1.807, 2.05) is 6.92 Å². The average molecular weight is 297 g/mol. The van der Waals surface area contributed by atoms with Gasteiger partial charge in [0.1, 0.15) is 5.75 Å². The summed E-state index contributed by atoms with van der Waals surface area (Å²) in [6.45, 7) is 7.53. The maximum absolute atomic E-state index is 5.49. The molecular weight excluding hydrogens is 272 g/mol. The van der Waals surface area contributed by atoms with Gasteiger partial charge in [0.2, 0.25) is 0 Å². The molecule has 2 fully saturated rings. The number of rotatable bonds is 4. The number of piperidine rings is 1. The Bertz CT molecular complexity index is 409. The molecule has 2 aliphatic rings. The van der Waals surface area contributed by atoms with E-state index < -0.39 is 0 Å². The van der Waals surface area contributed by atoms with Crippen molar-refractivity contribution in [3.05, 3.63) is 29.8 Å². The Kier molecular flexibility index (Phi) is 5.70. The normalized spacial score (nSPS) is 25.9. The lowest BCUT2D eigenvalue weighted by Gasteiger charge is -2.34. The first-order valence-electron chi connectivity index (χ1n) is 7.52. The molecule has 1 aromatic carbocycles. The monoisotopic (exact) mass is 296 g/mol. The van der Waals surface area contributed by atoms with Crippen molar-refractivity contribution in [3.63, 3.8) is 0 Å². The Morgan fingerprint density at radius 3 is 2.80 bits per heavy atom. The summed E-state index contributed by atoms with van der Waals surface area (Å²) >= 11 is 0. The van der Waals surface area contributed by atoms with Gasteiger partial charge >= 0.3 is 0 Å². The van der Waals surface area contributed by atoms with Crippen molar-refractivity contribution in [2.75, 3.05) is 26.2 Å². The summed E-state index contributed by atoms with van der Waals surface area (Å²) in [5.41, 5.74) is 1.40. The van der Waals surface area contributed by atoms with E-state index in [9.17, 15) is 0 Å². The van der Waals surface area contributed by atoms with Gasteiger partial charge in [-0.3, -0.25) is 4.90 Å². The van der Waals surface area contributed by atoms with E-state index in [1.54, 1.807) is 0 Å². The molecule has 0 spiro atoms. The minimum atomic E-state index is 0. The Hall–Kier alpha value is -0.770. The quantitative estimate of drug-likeness (QED) is 0.924. The van der Waals surface area contributed by atoms with Gasteiger partial charge in [0, 0.05) is 19.1 Å². The lowest BCUT2D eigenvalue weighted by Crippen LogP contribution is -2.43. The van der Waals surface area contributed by atoms with E-state index in [4.69, 9.17) is 4.74 Å². The smallest absolute Gasteiger partial charge is 0.119 e. The number of likely N-dealkylation sites (tertiary alicyclic amines) is 1. The minimum absolute atomic E-state index is 0. The molecule has 1 aromatic rings. The molecule has 2 saturated heterocycles. The number of fused-ring (bicyclic) bond motifs is 1. The third-order valence-corrected chi connectivity index (χ3v) is 4.38. The van der Waals surface area contributed by atoms with Gasteiger partial charge in [0.25, 0.3) is 0 Å². The van der Waals surface area contributed by atoms with Crippen LogP contribution in [0.1, 0.15) is 25.3 Å². The highest BCUT2D eigenvalue weighted by molar-refractivity contribution is 5.85. The van der Waals surface area contributed by atoms with Crippen LogP contribution in [0.3, 0.4) is 0 Å². The zero-order chi connectivity index (χ0) is 13.1. The summed E-state index contributed by atoms with van der Waals surface area (Å²) in [5, 5.41) is 3.62. The highest BCUT2D eigenvalue weighted by Crippen LogP contribution is 2.25. The second-order valence-corrected chi connectivity index (χ2v) is 5.71. The first-order chi connectivity index (χ1) is 9.35. The van der Waals surface area contributed by atoms with Crippen molar-refractivity contribution in [2.45, 2.75) is 32.4 Å². The van der Waals surface area contributed by atoms with Gasteiger partial charge in [0.15, 0.2) is 0 Å². The maximum atomic E-state index is 5.49. The summed E-state index contributed by atoms with van der Waals surface area (Å²) in [7, 11) is 0. The number of hydrogen-bond acceptors (Lipinski definition) is 3. The molecule has 0 bridgehead atoms. The van der Waals surface area contributed by atoms with Crippen molar-refractivity contribution in [1.29, 1.82) is 0 Å². The molecule has 2 unspecified atom stereocenters. The van der Waals surface area contributed by atoms with E-state index in [0.717, 1.165) is 30.9 Å². The average Bonchev–Trinajstić information content (AvgIpc) is 2.89. The van der Waals surface area contributed by atoms with Crippen LogP contribution in [0.2, 0.25) is 0 Å². The molecule has 112 valence electrons. The van der Waals surface area contributed by atoms with Gasteiger partial charge < -0.3 is 10.1 Å². The third kappa shape index (κ3) is 3.66. The van der Waals surface area contributed by atoms with E-state index in [-0.39, 0.29) is 12.4 Å². The predicted octanol–water partition coefficient (Wildman–Crippen LogP) is 2.69.